The largest absolute Gasteiger partial charge is 0.356 e. The molecule has 0 aliphatic carbocycles. The van der Waals surface area contributed by atoms with Gasteiger partial charge in [0, 0.05) is 25.1 Å². The quantitative estimate of drug-likeness (QED) is 0.865. The molecule has 2 heterocycles. The van der Waals surface area contributed by atoms with Crippen molar-refractivity contribution >= 4 is 22.6 Å². The van der Waals surface area contributed by atoms with Crippen molar-refractivity contribution in [2.45, 2.75) is 18.8 Å². The minimum absolute atomic E-state index is 0.0417. The Kier molecular flexibility index (Phi) is 3.52. The summed E-state index contributed by atoms with van der Waals surface area (Å²) in [4.78, 5) is 26.1. The standard InChI is InChI=1S/C19H18F2N2O2/c20-19(21)10-18(7-8-22-17(18)25)11-23(12-19)16(24)15-6-5-13-3-1-2-4-14(13)9-15/h1-6,9H,7-8,10-12H2,(H,22,25)/t18-/m0/s1. The number of hydrogen-bond acceptors (Lipinski definition) is 2. The fourth-order valence-corrected chi connectivity index (χ4v) is 3.99. The molecular formula is C19H18F2N2O2. The van der Waals surface area contributed by atoms with Crippen molar-refractivity contribution in [2.24, 2.45) is 5.41 Å². The van der Waals surface area contributed by atoms with Gasteiger partial charge >= 0.3 is 0 Å². The first-order chi connectivity index (χ1) is 11.9. The number of halogens is 2. The van der Waals surface area contributed by atoms with Gasteiger partial charge in [-0.3, -0.25) is 9.59 Å². The summed E-state index contributed by atoms with van der Waals surface area (Å²) in [7, 11) is 0. The summed E-state index contributed by atoms with van der Waals surface area (Å²) >= 11 is 0. The molecule has 25 heavy (non-hydrogen) atoms. The second-order valence-electron chi connectivity index (χ2n) is 7.04. The summed E-state index contributed by atoms with van der Waals surface area (Å²) in [6, 6.07) is 12.7. The van der Waals surface area contributed by atoms with Gasteiger partial charge in [0.25, 0.3) is 11.8 Å². The molecule has 6 heteroatoms. The van der Waals surface area contributed by atoms with Crippen molar-refractivity contribution in [1.82, 2.24) is 10.2 Å². The molecule has 1 spiro atoms. The van der Waals surface area contributed by atoms with Gasteiger partial charge in [0.2, 0.25) is 5.91 Å². The van der Waals surface area contributed by atoms with Crippen molar-refractivity contribution < 1.29 is 18.4 Å². The molecule has 1 atom stereocenters. The van der Waals surface area contributed by atoms with Crippen molar-refractivity contribution in [1.29, 1.82) is 0 Å². The molecule has 0 unspecified atom stereocenters. The van der Waals surface area contributed by atoms with E-state index < -0.39 is 30.2 Å². The molecule has 2 amide bonds. The summed E-state index contributed by atoms with van der Waals surface area (Å²) in [5.74, 6) is -3.89. The van der Waals surface area contributed by atoms with Gasteiger partial charge in [-0.1, -0.05) is 30.3 Å². The third-order valence-corrected chi connectivity index (χ3v) is 5.17. The monoisotopic (exact) mass is 344 g/mol. The number of alkyl halides is 2. The Hall–Kier alpha value is -2.50. The normalized spacial score (nSPS) is 25.4. The number of hydrogen-bond donors (Lipinski definition) is 1. The van der Waals surface area contributed by atoms with Crippen molar-refractivity contribution in [3.8, 4) is 0 Å². The molecule has 0 radical (unpaired) electrons. The summed E-state index contributed by atoms with van der Waals surface area (Å²) in [5, 5.41) is 4.49. The Morgan fingerprint density at radius 3 is 2.56 bits per heavy atom. The van der Waals surface area contributed by atoms with Crippen molar-refractivity contribution in [3.63, 3.8) is 0 Å². The zero-order valence-electron chi connectivity index (χ0n) is 13.6. The van der Waals surface area contributed by atoms with E-state index in [1.165, 1.54) is 0 Å². The van der Waals surface area contributed by atoms with Crippen LogP contribution in [0.15, 0.2) is 42.5 Å². The molecule has 0 saturated carbocycles. The molecule has 2 aromatic carbocycles. The molecular weight excluding hydrogens is 326 g/mol. The number of carbonyl (C=O) groups excluding carboxylic acids is 2. The lowest BCUT2D eigenvalue weighted by Gasteiger charge is -2.42. The minimum atomic E-state index is -3.06. The lowest BCUT2D eigenvalue weighted by Crippen LogP contribution is -2.56. The van der Waals surface area contributed by atoms with Crippen LogP contribution in [0.4, 0.5) is 8.78 Å². The highest BCUT2D eigenvalue weighted by Crippen LogP contribution is 2.43. The van der Waals surface area contributed by atoms with Crippen LogP contribution in [0.5, 0.6) is 0 Å². The van der Waals surface area contributed by atoms with Gasteiger partial charge in [-0.25, -0.2) is 8.78 Å². The van der Waals surface area contributed by atoms with Gasteiger partial charge in [0.05, 0.1) is 12.0 Å². The Morgan fingerprint density at radius 1 is 1.08 bits per heavy atom. The van der Waals surface area contributed by atoms with E-state index in [-0.39, 0.29) is 12.5 Å². The molecule has 4 rings (SSSR count). The van der Waals surface area contributed by atoms with Crippen molar-refractivity contribution in [3.05, 3.63) is 48.0 Å². The molecule has 2 aromatic rings. The number of carbonyl (C=O) groups is 2. The maximum atomic E-state index is 14.3. The van der Waals surface area contributed by atoms with E-state index in [1.807, 2.05) is 30.3 Å². The molecule has 2 fully saturated rings. The fraction of sp³-hybridized carbons (Fsp3) is 0.368. The lowest BCUT2D eigenvalue weighted by molar-refractivity contribution is -0.144. The fourth-order valence-electron chi connectivity index (χ4n) is 3.99. The van der Waals surface area contributed by atoms with Crippen LogP contribution in [0.3, 0.4) is 0 Å². The first kappa shape index (κ1) is 16.0. The third-order valence-electron chi connectivity index (χ3n) is 5.17. The Morgan fingerprint density at radius 2 is 1.84 bits per heavy atom. The maximum Gasteiger partial charge on any atom is 0.266 e. The topological polar surface area (TPSA) is 49.4 Å². The zero-order valence-corrected chi connectivity index (χ0v) is 13.6. The maximum absolute atomic E-state index is 14.3. The van der Waals surface area contributed by atoms with Gasteiger partial charge in [0.1, 0.15) is 0 Å². The van der Waals surface area contributed by atoms with E-state index >= 15 is 0 Å². The summed E-state index contributed by atoms with van der Waals surface area (Å²) in [5.41, 5.74) is -0.807. The highest BCUT2D eigenvalue weighted by molar-refractivity contribution is 5.99. The molecule has 0 bridgehead atoms. The average Bonchev–Trinajstić information content (AvgIpc) is 2.91. The van der Waals surface area contributed by atoms with Gasteiger partial charge in [-0.15, -0.1) is 0 Å². The zero-order chi connectivity index (χ0) is 17.7. The van der Waals surface area contributed by atoms with Crippen LogP contribution in [0.2, 0.25) is 0 Å². The van der Waals surface area contributed by atoms with Crippen LogP contribution >= 0.6 is 0 Å². The molecule has 1 N–H and O–H groups in total. The smallest absolute Gasteiger partial charge is 0.266 e. The SMILES string of the molecule is O=C(c1ccc2ccccc2c1)N1CC(F)(F)C[C@@]2(CCNC2=O)C1. The number of rotatable bonds is 1. The molecule has 0 aromatic heterocycles. The Labute approximate surface area is 143 Å². The number of piperidine rings is 1. The van der Waals surface area contributed by atoms with E-state index in [0.717, 1.165) is 15.7 Å². The van der Waals surface area contributed by atoms with Crippen LogP contribution in [0.25, 0.3) is 10.8 Å². The number of benzene rings is 2. The second kappa shape index (κ2) is 5.51. The van der Waals surface area contributed by atoms with Gasteiger partial charge in [0.15, 0.2) is 0 Å². The predicted octanol–water partition coefficient (Wildman–Crippen LogP) is 2.83. The van der Waals surface area contributed by atoms with Crippen LogP contribution in [0.1, 0.15) is 23.2 Å². The van der Waals surface area contributed by atoms with E-state index in [2.05, 4.69) is 5.32 Å². The molecule has 2 saturated heterocycles. The number of fused-ring (bicyclic) bond motifs is 1. The molecule has 130 valence electrons. The van der Waals surface area contributed by atoms with Gasteiger partial charge < -0.3 is 10.2 Å². The highest BCUT2D eigenvalue weighted by Gasteiger charge is 2.55. The van der Waals surface area contributed by atoms with Gasteiger partial charge in [-0.2, -0.15) is 0 Å². The Bertz CT molecular complexity index is 867. The van der Waals surface area contributed by atoms with Crippen LogP contribution < -0.4 is 5.32 Å². The van der Waals surface area contributed by atoms with Crippen molar-refractivity contribution in [2.75, 3.05) is 19.6 Å². The third kappa shape index (κ3) is 2.75. The molecule has 2 aliphatic heterocycles. The summed E-state index contributed by atoms with van der Waals surface area (Å²) < 4.78 is 28.6. The Balaban J connectivity index is 1.67. The predicted molar refractivity (Wildman–Crippen MR) is 89.5 cm³/mol. The number of amides is 2. The second-order valence-corrected chi connectivity index (χ2v) is 7.04. The van der Waals surface area contributed by atoms with Crippen LogP contribution in [-0.4, -0.2) is 42.3 Å². The van der Waals surface area contributed by atoms with Crippen LogP contribution in [0, 0.1) is 5.41 Å². The number of nitrogens with zero attached hydrogens (tertiary/aromatic N) is 1. The number of likely N-dealkylation sites (tertiary alicyclic amines) is 1. The van der Waals surface area contributed by atoms with E-state index in [9.17, 15) is 18.4 Å². The lowest BCUT2D eigenvalue weighted by atomic mass is 9.77. The molecule has 2 aliphatic rings. The van der Waals surface area contributed by atoms with E-state index in [0.29, 0.717) is 18.5 Å². The van der Waals surface area contributed by atoms with E-state index in [1.54, 1.807) is 12.1 Å². The molecule has 4 nitrogen and oxygen atoms in total. The average molecular weight is 344 g/mol. The minimum Gasteiger partial charge on any atom is -0.356 e. The number of nitrogens with one attached hydrogen (secondary N) is 1. The van der Waals surface area contributed by atoms with Gasteiger partial charge in [-0.05, 0) is 29.3 Å². The first-order valence-corrected chi connectivity index (χ1v) is 8.33. The summed E-state index contributed by atoms with van der Waals surface area (Å²) in [6.45, 7) is -0.222. The van der Waals surface area contributed by atoms with E-state index in [4.69, 9.17) is 0 Å². The highest BCUT2D eigenvalue weighted by atomic mass is 19.3. The first-order valence-electron chi connectivity index (χ1n) is 8.33. The summed E-state index contributed by atoms with van der Waals surface area (Å²) in [6.07, 6.45) is -0.156. The van der Waals surface area contributed by atoms with Crippen LogP contribution in [-0.2, 0) is 4.79 Å².